The molecule has 0 amide bonds. The van der Waals surface area contributed by atoms with Crippen molar-refractivity contribution < 1.29 is 9.66 Å². The molecular weight excluding hydrogens is 380 g/mol. The number of hydrogen-bond donors (Lipinski definition) is 0. The maximum atomic E-state index is 12.8. The van der Waals surface area contributed by atoms with Gasteiger partial charge in [0.15, 0.2) is 4.80 Å². The molecule has 0 atom stereocenters. The lowest BCUT2D eigenvalue weighted by Crippen LogP contribution is -2.42. The Hall–Kier alpha value is -3.46. The third kappa shape index (κ3) is 3.39. The maximum absolute atomic E-state index is 12.8. The fourth-order valence-electron chi connectivity index (χ4n) is 2.91. The van der Waals surface area contributed by atoms with Crippen molar-refractivity contribution in [3.05, 3.63) is 83.9 Å². The van der Waals surface area contributed by atoms with Crippen LogP contribution in [0, 0.1) is 10.1 Å². The summed E-state index contributed by atoms with van der Waals surface area (Å²) in [6.07, 6.45) is 1.73. The van der Waals surface area contributed by atoms with E-state index in [1.54, 1.807) is 29.9 Å². The quantitative estimate of drug-likeness (QED) is 0.495. The van der Waals surface area contributed by atoms with Crippen LogP contribution in [0.25, 0.3) is 6.08 Å². The number of rotatable bonds is 4. The number of nitro benzene ring substituents is 1. The lowest BCUT2D eigenvalue weighted by Gasteiger charge is -2.25. The third-order valence-electron chi connectivity index (χ3n) is 4.42. The molecule has 2 heterocycles. The number of non-ortho nitro benzene ring substituents is 1. The van der Waals surface area contributed by atoms with Crippen LogP contribution < -0.4 is 24.5 Å². The van der Waals surface area contributed by atoms with E-state index in [2.05, 4.69) is 4.99 Å². The number of anilines is 1. The zero-order chi connectivity index (χ0) is 19.7. The Morgan fingerprint density at radius 1 is 1.18 bits per heavy atom. The molecule has 1 aliphatic heterocycles. The van der Waals surface area contributed by atoms with Gasteiger partial charge in [-0.3, -0.25) is 19.5 Å². The van der Waals surface area contributed by atoms with Gasteiger partial charge in [-0.25, -0.2) is 4.99 Å². The lowest BCUT2D eigenvalue weighted by molar-refractivity contribution is -0.384. The SMILES string of the molecule is COc1ccc(N2CN=c3sc(=Cc4ccc([N+](=O)[O-])cc4)c(=O)n3C2)cc1. The summed E-state index contributed by atoms with van der Waals surface area (Å²) in [5, 5.41) is 10.8. The van der Waals surface area contributed by atoms with E-state index >= 15 is 0 Å². The van der Waals surface area contributed by atoms with Crippen molar-refractivity contribution in [3.63, 3.8) is 0 Å². The van der Waals surface area contributed by atoms with E-state index < -0.39 is 4.92 Å². The van der Waals surface area contributed by atoms with Gasteiger partial charge in [0.2, 0.25) is 0 Å². The van der Waals surface area contributed by atoms with Crippen molar-refractivity contribution >= 4 is 28.8 Å². The topological polar surface area (TPSA) is 90.0 Å². The second-order valence-corrected chi connectivity index (χ2v) is 7.16. The van der Waals surface area contributed by atoms with Crippen LogP contribution >= 0.6 is 11.3 Å². The van der Waals surface area contributed by atoms with E-state index in [4.69, 9.17) is 4.74 Å². The molecule has 8 nitrogen and oxygen atoms in total. The predicted molar refractivity (Wildman–Crippen MR) is 106 cm³/mol. The molecule has 1 aromatic heterocycles. The second-order valence-electron chi connectivity index (χ2n) is 6.15. The van der Waals surface area contributed by atoms with Crippen molar-refractivity contribution in [1.29, 1.82) is 0 Å². The van der Waals surface area contributed by atoms with Crippen LogP contribution in [0.1, 0.15) is 5.56 Å². The number of fused-ring (bicyclic) bond motifs is 1. The van der Waals surface area contributed by atoms with Gasteiger partial charge in [0, 0.05) is 17.8 Å². The summed E-state index contributed by atoms with van der Waals surface area (Å²) >= 11 is 1.32. The van der Waals surface area contributed by atoms with E-state index in [-0.39, 0.29) is 11.2 Å². The zero-order valence-corrected chi connectivity index (χ0v) is 15.8. The highest BCUT2D eigenvalue weighted by atomic mass is 32.1. The monoisotopic (exact) mass is 396 g/mol. The molecule has 142 valence electrons. The molecule has 9 heteroatoms. The minimum absolute atomic E-state index is 0.0180. The third-order valence-corrected chi connectivity index (χ3v) is 5.46. The molecule has 0 aliphatic carbocycles. The summed E-state index contributed by atoms with van der Waals surface area (Å²) in [6.45, 7) is 0.873. The number of methoxy groups -OCH3 is 1. The number of ether oxygens (including phenoxy) is 1. The molecular formula is C19H16N4O4S. The van der Waals surface area contributed by atoms with Crippen molar-refractivity contribution in [2.45, 2.75) is 6.67 Å². The Bertz CT molecular complexity index is 1200. The van der Waals surface area contributed by atoms with Gasteiger partial charge in [0.05, 0.1) is 16.6 Å². The normalized spacial score (nSPS) is 13.8. The van der Waals surface area contributed by atoms with Crippen molar-refractivity contribution in [3.8, 4) is 5.75 Å². The minimum Gasteiger partial charge on any atom is -0.497 e. The minimum atomic E-state index is -0.449. The molecule has 1 aliphatic rings. The Morgan fingerprint density at radius 2 is 1.89 bits per heavy atom. The average molecular weight is 396 g/mol. The van der Waals surface area contributed by atoms with Crippen LogP contribution in [-0.4, -0.2) is 23.3 Å². The molecule has 0 spiro atoms. The summed E-state index contributed by atoms with van der Waals surface area (Å²) in [5.41, 5.74) is 1.58. The fourth-order valence-corrected chi connectivity index (χ4v) is 3.87. The molecule has 0 radical (unpaired) electrons. The molecule has 4 rings (SSSR count). The van der Waals surface area contributed by atoms with Crippen LogP contribution in [0.4, 0.5) is 11.4 Å². The van der Waals surface area contributed by atoms with Gasteiger partial charge in [-0.05, 0) is 48.0 Å². The second kappa shape index (κ2) is 7.28. The standard InChI is InChI=1S/C19H16N4O4S/c1-27-16-8-6-14(7-9-16)21-11-20-19-22(12-21)18(24)17(28-19)10-13-2-4-15(5-3-13)23(25)26/h2-10H,11-12H2,1H3. The highest BCUT2D eigenvalue weighted by molar-refractivity contribution is 7.07. The summed E-state index contributed by atoms with van der Waals surface area (Å²) in [5.74, 6) is 0.770. The van der Waals surface area contributed by atoms with Gasteiger partial charge in [-0.2, -0.15) is 0 Å². The van der Waals surface area contributed by atoms with Gasteiger partial charge in [0.1, 0.15) is 19.1 Å². The van der Waals surface area contributed by atoms with Crippen LogP contribution in [0.3, 0.4) is 0 Å². The van der Waals surface area contributed by atoms with E-state index in [0.717, 1.165) is 17.0 Å². The largest absolute Gasteiger partial charge is 0.497 e. The van der Waals surface area contributed by atoms with E-state index in [9.17, 15) is 14.9 Å². The lowest BCUT2D eigenvalue weighted by atomic mass is 10.2. The number of aromatic nitrogens is 1. The van der Waals surface area contributed by atoms with Crippen LogP contribution in [0.15, 0.2) is 58.3 Å². The summed E-state index contributed by atoms with van der Waals surface area (Å²) in [4.78, 5) is 30.3. The number of benzene rings is 2. The van der Waals surface area contributed by atoms with Crippen molar-refractivity contribution in [2.24, 2.45) is 4.99 Å². The van der Waals surface area contributed by atoms with Crippen LogP contribution in [0.2, 0.25) is 0 Å². The van der Waals surface area contributed by atoms with Gasteiger partial charge < -0.3 is 9.64 Å². The zero-order valence-electron chi connectivity index (χ0n) is 14.9. The van der Waals surface area contributed by atoms with Gasteiger partial charge in [-0.1, -0.05) is 11.3 Å². The predicted octanol–water partition coefficient (Wildman–Crippen LogP) is 1.71. The molecule has 0 unspecified atom stereocenters. The van der Waals surface area contributed by atoms with Crippen molar-refractivity contribution in [1.82, 2.24) is 4.57 Å². The molecule has 0 fully saturated rings. The first-order valence-corrected chi connectivity index (χ1v) is 9.26. The van der Waals surface area contributed by atoms with Gasteiger partial charge in [0.25, 0.3) is 11.2 Å². The van der Waals surface area contributed by atoms with Crippen LogP contribution in [0.5, 0.6) is 5.75 Å². The molecule has 28 heavy (non-hydrogen) atoms. The molecule has 0 saturated carbocycles. The van der Waals surface area contributed by atoms with Crippen LogP contribution in [-0.2, 0) is 6.67 Å². The fraction of sp³-hybridized carbons (Fsp3) is 0.158. The highest BCUT2D eigenvalue weighted by Gasteiger charge is 2.16. The smallest absolute Gasteiger partial charge is 0.271 e. The summed E-state index contributed by atoms with van der Waals surface area (Å²) in [6, 6.07) is 13.7. The molecule has 3 aromatic rings. The van der Waals surface area contributed by atoms with E-state index in [0.29, 0.717) is 22.7 Å². The summed E-state index contributed by atoms with van der Waals surface area (Å²) < 4.78 is 7.36. The van der Waals surface area contributed by atoms with E-state index in [1.807, 2.05) is 29.2 Å². The Morgan fingerprint density at radius 3 is 2.54 bits per heavy atom. The van der Waals surface area contributed by atoms with Crippen molar-refractivity contribution in [2.75, 3.05) is 18.7 Å². The number of hydrogen-bond acceptors (Lipinski definition) is 7. The number of thiazole rings is 1. The first-order valence-electron chi connectivity index (χ1n) is 8.44. The number of nitro groups is 1. The Labute approximate surface area is 163 Å². The first-order chi connectivity index (χ1) is 13.5. The Kier molecular flexibility index (Phi) is 4.66. The highest BCUT2D eigenvalue weighted by Crippen LogP contribution is 2.20. The Balaban J connectivity index is 1.64. The molecule has 0 N–H and O–H groups in total. The molecule has 0 saturated heterocycles. The average Bonchev–Trinajstić information content (AvgIpc) is 3.03. The summed E-state index contributed by atoms with van der Waals surface area (Å²) in [7, 11) is 1.62. The van der Waals surface area contributed by atoms with E-state index in [1.165, 1.54) is 23.5 Å². The molecule has 2 aromatic carbocycles. The number of nitrogens with zero attached hydrogens (tertiary/aromatic N) is 4. The van der Waals surface area contributed by atoms with Gasteiger partial charge >= 0.3 is 0 Å². The first kappa shape index (κ1) is 17.9. The molecule has 0 bridgehead atoms. The maximum Gasteiger partial charge on any atom is 0.271 e. The van der Waals surface area contributed by atoms with Gasteiger partial charge in [-0.15, -0.1) is 0 Å².